The lowest BCUT2D eigenvalue weighted by Gasteiger charge is -2.30. The lowest BCUT2D eigenvalue weighted by Crippen LogP contribution is -2.44. The standard InChI is InChI=1S/C25H33N3O5S/c1-17(2)19-6-8-21(9-7-19)34(31,32)28-13-11-20(12-14-28)25(30)26-16-24(29)27-22-15-18(3)5-10-23(22)33-4/h5-10,15,17,20H,11-14,16H2,1-4H3,(H,26,30)(H,27,29). The number of amides is 2. The Morgan fingerprint density at radius 2 is 1.74 bits per heavy atom. The smallest absolute Gasteiger partial charge is 0.243 e. The van der Waals surface area contributed by atoms with Crippen molar-refractivity contribution in [2.24, 2.45) is 5.92 Å². The molecule has 2 aromatic carbocycles. The summed E-state index contributed by atoms with van der Waals surface area (Å²) in [5.41, 5.74) is 2.60. The molecule has 34 heavy (non-hydrogen) atoms. The summed E-state index contributed by atoms with van der Waals surface area (Å²) in [5.74, 6) is -0.0764. The van der Waals surface area contributed by atoms with Crippen LogP contribution in [0.2, 0.25) is 0 Å². The molecule has 2 N–H and O–H groups in total. The molecule has 9 heteroatoms. The molecule has 1 aliphatic rings. The number of nitrogens with zero attached hydrogens (tertiary/aromatic N) is 1. The summed E-state index contributed by atoms with van der Waals surface area (Å²) >= 11 is 0. The number of hydrogen-bond acceptors (Lipinski definition) is 5. The van der Waals surface area contributed by atoms with Gasteiger partial charge in [0.2, 0.25) is 21.8 Å². The quantitative estimate of drug-likeness (QED) is 0.595. The van der Waals surface area contributed by atoms with Crippen LogP contribution in [0.3, 0.4) is 0 Å². The molecule has 0 radical (unpaired) electrons. The molecule has 2 amide bonds. The van der Waals surface area contributed by atoms with E-state index in [4.69, 9.17) is 4.74 Å². The molecule has 0 bridgehead atoms. The Kier molecular flexibility index (Phi) is 8.33. The molecular formula is C25H33N3O5S. The van der Waals surface area contributed by atoms with Gasteiger partial charge >= 0.3 is 0 Å². The molecule has 0 saturated carbocycles. The topological polar surface area (TPSA) is 105 Å². The van der Waals surface area contributed by atoms with E-state index in [0.717, 1.165) is 11.1 Å². The van der Waals surface area contributed by atoms with Gasteiger partial charge in [0.25, 0.3) is 0 Å². The first kappa shape index (κ1) is 25.7. The van der Waals surface area contributed by atoms with Gasteiger partial charge in [0, 0.05) is 19.0 Å². The number of nitrogens with one attached hydrogen (secondary N) is 2. The van der Waals surface area contributed by atoms with E-state index in [1.165, 1.54) is 11.4 Å². The van der Waals surface area contributed by atoms with Crippen LogP contribution in [0.1, 0.15) is 43.7 Å². The summed E-state index contributed by atoms with van der Waals surface area (Å²) in [6, 6.07) is 12.4. The van der Waals surface area contributed by atoms with Gasteiger partial charge in [-0.05, 0) is 61.1 Å². The lowest BCUT2D eigenvalue weighted by atomic mass is 9.97. The average molecular weight is 488 g/mol. The molecule has 0 atom stereocenters. The molecule has 2 aromatic rings. The molecule has 184 valence electrons. The fraction of sp³-hybridized carbons (Fsp3) is 0.440. The van der Waals surface area contributed by atoms with Crippen LogP contribution in [0.5, 0.6) is 5.75 Å². The fourth-order valence-electron chi connectivity index (χ4n) is 3.96. The van der Waals surface area contributed by atoms with E-state index in [1.807, 2.05) is 25.1 Å². The summed E-state index contributed by atoms with van der Waals surface area (Å²) < 4.78 is 32.6. The van der Waals surface area contributed by atoms with Crippen LogP contribution in [0, 0.1) is 12.8 Å². The Morgan fingerprint density at radius 1 is 1.09 bits per heavy atom. The molecule has 1 saturated heterocycles. The molecule has 0 unspecified atom stereocenters. The highest BCUT2D eigenvalue weighted by atomic mass is 32.2. The number of hydrogen-bond donors (Lipinski definition) is 2. The van der Waals surface area contributed by atoms with Crippen molar-refractivity contribution in [3.05, 3.63) is 53.6 Å². The van der Waals surface area contributed by atoms with E-state index in [9.17, 15) is 18.0 Å². The first-order valence-corrected chi connectivity index (χ1v) is 12.9. The van der Waals surface area contributed by atoms with Crippen molar-refractivity contribution in [2.45, 2.75) is 44.4 Å². The number of ether oxygens (including phenoxy) is 1. The highest BCUT2D eigenvalue weighted by molar-refractivity contribution is 7.89. The van der Waals surface area contributed by atoms with Crippen molar-refractivity contribution in [3.63, 3.8) is 0 Å². The van der Waals surface area contributed by atoms with Crippen molar-refractivity contribution in [1.82, 2.24) is 9.62 Å². The first-order chi connectivity index (χ1) is 16.1. The highest BCUT2D eigenvalue weighted by Crippen LogP contribution is 2.26. The van der Waals surface area contributed by atoms with E-state index in [2.05, 4.69) is 24.5 Å². The molecule has 3 rings (SSSR count). The molecule has 1 fully saturated rings. The van der Waals surface area contributed by atoms with Crippen molar-refractivity contribution in [2.75, 3.05) is 32.1 Å². The van der Waals surface area contributed by atoms with Gasteiger partial charge in [-0.25, -0.2) is 8.42 Å². The maximum Gasteiger partial charge on any atom is 0.243 e. The third-order valence-electron chi connectivity index (χ3n) is 6.06. The largest absolute Gasteiger partial charge is 0.495 e. The summed E-state index contributed by atoms with van der Waals surface area (Å²) in [7, 11) is -2.08. The molecular weight excluding hydrogens is 454 g/mol. The van der Waals surface area contributed by atoms with Crippen LogP contribution in [-0.4, -0.2) is 51.3 Å². The van der Waals surface area contributed by atoms with Crippen LogP contribution < -0.4 is 15.4 Å². The van der Waals surface area contributed by atoms with Crippen molar-refractivity contribution in [1.29, 1.82) is 0 Å². The summed E-state index contributed by atoms with van der Waals surface area (Å²) in [6.45, 7) is 6.38. The Hall–Kier alpha value is -2.91. The molecule has 1 heterocycles. The van der Waals surface area contributed by atoms with E-state index in [0.29, 0.717) is 30.2 Å². The SMILES string of the molecule is COc1ccc(C)cc1NC(=O)CNC(=O)C1CCN(S(=O)(=O)c2ccc(C(C)C)cc2)CC1. The molecule has 0 spiro atoms. The summed E-state index contributed by atoms with van der Waals surface area (Å²) in [5, 5.41) is 5.42. The maximum absolute atomic E-state index is 13.0. The predicted molar refractivity (Wildman–Crippen MR) is 131 cm³/mol. The molecule has 1 aliphatic heterocycles. The molecule has 0 aromatic heterocycles. The van der Waals surface area contributed by atoms with Gasteiger partial charge in [0.05, 0.1) is 24.2 Å². The zero-order chi connectivity index (χ0) is 24.9. The van der Waals surface area contributed by atoms with Crippen LogP contribution >= 0.6 is 0 Å². The number of methoxy groups -OCH3 is 1. The monoisotopic (exact) mass is 487 g/mol. The number of rotatable bonds is 8. The Bertz CT molecular complexity index is 1120. The molecule has 0 aliphatic carbocycles. The zero-order valence-electron chi connectivity index (χ0n) is 20.1. The lowest BCUT2D eigenvalue weighted by molar-refractivity contribution is -0.128. The van der Waals surface area contributed by atoms with Crippen molar-refractivity contribution >= 4 is 27.5 Å². The van der Waals surface area contributed by atoms with Crippen molar-refractivity contribution < 1.29 is 22.7 Å². The minimum absolute atomic E-state index is 0.170. The van der Waals surface area contributed by atoms with Gasteiger partial charge < -0.3 is 15.4 Å². The van der Waals surface area contributed by atoms with Crippen molar-refractivity contribution in [3.8, 4) is 5.75 Å². The number of carbonyl (C=O) groups is 2. The van der Waals surface area contributed by atoms with Gasteiger partial charge in [-0.15, -0.1) is 0 Å². The Balaban J connectivity index is 1.50. The van der Waals surface area contributed by atoms with Gasteiger partial charge in [-0.3, -0.25) is 9.59 Å². The second kappa shape index (κ2) is 11.0. The minimum Gasteiger partial charge on any atom is -0.495 e. The van der Waals surface area contributed by atoms with E-state index in [1.54, 1.807) is 24.3 Å². The number of anilines is 1. The molecule has 8 nitrogen and oxygen atoms in total. The van der Waals surface area contributed by atoms with E-state index < -0.39 is 10.0 Å². The van der Waals surface area contributed by atoms with E-state index in [-0.39, 0.29) is 42.3 Å². The number of benzene rings is 2. The zero-order valence-corrected chi connectivity index (χ0v) is 20.9. The Morgan fingerprint density at radius 3 is 2.32 bits per heavy atom. The Labute approximate surface area is 201 Å². The van der Waals surface area contributed by atoms with Crippen LogP contribution in [0.4, 0.5) is 5.69 Å². The minimum atomic E-state index is -3.60. The third-order valence-corrected chi connectivity index (χ3v) is 7.97. The average Bonchev–Trinajstić information content (AvgIpc) is 2.83. The van der Waals surface area contributed by atoms with Gasteiger partial charge in [0.1, 0.15) is 5.75 Å². The third kappa shape index (κ3) is 6.15. The number of carbonyl (C=O) groups excluding carboxylic acids is 2. The van der Waals surface area contributed by atoms with Gasteiger partial charge in [0.15, 0.2) is 0 Å². The second-order valence-corrected chi connectivity index (χ2v) is 10.8. The number of sulfonamides is 1. The highest BCUT2D eigenvalue weighted by Gasteiger charge is 2.32. The second-order valence-electron chi connectivity index (χ2n) is 8.87. The number of aryl methyl sites for hydroxylation is 1. The normalized spacial score (nSPS) is 15.2. The van der Waals surface area contributed by atoms with Gasteiger partial charge in [-0.2, -0.15) is 4.31 Å². The van der Waals surface area contributed by atoms with Crippen LogP contribution in [0.15, 0.2) is 47.4 Å². The van der Waals surface area contributed by atoms with Gasteiger partial charge in [-0.1, -0.05) is 32.0 Å². The maximum atomic E-state index is 13.0. The fourth-order valence-corrected chi connectivity index (χ4v) is 5.43. The predicted octanol–water partition coefficient (Wildman–Crippen LogP) is 3.28. The number of piperidine rings is 1. The van der Waals surface area contributed by atoms with E-state index >= 15 is 0 Å². The summed E-state index contributed by atoms with van der Waals surface area (Å²) in [4.78, 5) is 25.2. The van der Waals surface area contributed by atoms with Crippen LogP contribution in [-0.2, 0) is 19.6 Å². The van der Waals surface area contributed by atoms with Crippen LogP contribution in [0.25, 0.3) is 0 Å². The summed E-state index contributed by atoms with van der Waals surface area (Å²) in [6.07, 6.45) is 0.810. The first-order valence-electron chi connectivity index (χ1n) is 11.4.